The van der Waals surface area contributed by atoms with Crippen molar-refractivity contribution >= 4 is 11.5 Å². The molecule has 132 valence electrons. The number of rotatable bonds is 6. The molecule has 0 heterocycles. The SMILES string of the molecule is COc1cc(N)c(C(=O)c2ccc(C)cc2)cc1OCc1ccccc1. The molecule has 3 rings (SSSR count). The zero-order valence-corrected chi connectivity index (χ0v) is 14.9. The molecule has 0 fully saturated rings. The molecule has 0 amide bonds. The highest BCUT2D eigenvalue weighted by atomic mass is 16.5. The first kappa shape index (κ1) is 17.5. The lowest BCUT2D eigenvalue weighted by molar-refractivity contribution is 0.103. The van der Waals surface area contributed by atoms with E-state index < -0.39 is 0 Å². The summed E-state index contributed by atoms with van der Waals surface area (Å²) in [7, 11) is 1.55. The van der Waals surface area contributed by atoms with E-state index in [9.17, 15) is 4.79 Å². The molecule has 0 aromatic heterocycles. The number of nitrogens with two attached hydrogens (primary N) is 1. The highest BCUT2D eigenvalue weighted by molar-refractivity contribution is 6.12. The summed E-state index contributed by atoms with van der Waals surface area (Å²) in [5.74, 6) is 0.842. The van der Waals surface area contributed by atoms with Crippen molar-refractivity contribution in [2.45, 2.75) is 13.5 Å². The van der Waals surface area contributed by atoms with Crippen molar-refractivity contribution in [2.24, 2.45) is 0 Å². The molecule has 4 heteroatoms. The summed E-state index contributed by atoms with van der Waals surface area (Å²) < 4.78 is 11.2. The summed E-state index contributed by atoms with van der Waals surface area (Å²) in [5.41, 5.74) is 9.55. The fourth-order valence-electron chi connectivity index (χ4n) is 2.64. The van der Waals surface area contributed by atoms with E-state index in [1.807, 2.05) is 49.4 Å². The van der Waals surface area contributed by atoms with Crippen LogP contribution >= 0.6 is 0 Å². The number of anilines is 1. The summed E-state index contributed by atoms with van der Waals surface area (Å²) in [6.07, 6.45) is 0. The predicted molar refractivity (Wildman–Crippen MR) is 103 cm³/mol. The quantitative estimate of drug-likeness (QED) is 0.530. The maximum atomic E-state index is 12.8. The van der Waals surface area contributed by atoms with E-state index in [-0.39, 0.29) is 5.78 Å². The average molecular weight is 347 g/mol. The van der Waals surface area contributed by atoms with E-state index in [0.29, 0.717) is 34.9 Å². The standard InChI is InChI=1S/C22H21NO3/c1-15-8-10-17(11-9-15)22(24)18-12-21(20(25-2)13-19(18)23)26-14-16-6-4-3-5-7-16/h3-13H,14,23H2,1-2H3. The van der Waals surface area contributed by atoms with E-state index in [1.165, 1.54) is 0 Å². The first-order valence-electron chi connectivity index (χ1n) is 8.34. The minimum Gasteiger partial charge on any atom is -0.493 e. The van der Waals surface area contributed by atoms with Gasteiger partial charge in [-0.15, -0.1) is 0 Å². The Morgan fingerprint density at radius 3 is 2.31 bits per heavy atom. The fourth-order valence-corrected chi connectivity index (χ4v) is 2.64. The topological polar surface area (TPSA) is 61.5 Å². The van der Waals surface area contributed by atoms with Crippen molar-refractivity contribution in [3.05, 3.63) is 89.0 Å². The first-order chi connectivity index (χ1) is 12.6. The second-order valence-electron chi connectivity index (χ2n) is 6.06. The molecule has 2 N–H and O–H groups in total. The molecule has 3 aromatic carbocycles. The summed E-state index contributed by atoms with van der Waals surface area (Å²) in [6, 6.07) is 20.5. The third kappa shape index (κ3) is 3.86. The molecule has 0 radical (unpaired) electrons. The fraction of sp³-hybridized carbons (Fsp3) is 0.136. The van der Waals surface area contributed by atoms with Gasteiger partial charge in [-0.25, -0.2) is 0 Å². The molecule has 0 unspecified atom stereocenters. The van der Waals surface area contributed by atoms with Crippen LogP contribution in [0.1, 0.15) is 27.0 Å². The van der Waals surface area contributed by atoms with Crippen LogP contribution in [-0.4, -0.2) is 12.9 Å². The molecule has 0 aliphatic heterocycles. The smallest absolute Gasteiger partial charge is 0.195 e. The van der Waals surface area contributed by atoms with Crippen LogP contribution in [0.2, 0.25) is 0 Å². The minimum absolute atomic E-state index is 0.144. The van der Waals surface area contributed by atoms with Gasteiger partial charge in [-0.1, -0.05) is 60.2 Å². The van der Waals surface area contributed by atoms with E-state index in [0.717, 1.165) is 11.1 Å². The molecule has 0 aliphatic carbocycles. The van der Waals surface area contributed by atoms with Gasteiger partial charge < -0.3 is 15.2 Å². The molecule has 0 bridgehead atoms. The second-order valence-corrected chi connectivity index (χ2v) is 6.06. The highest BCUT2D eigenvalue weighted by Crippen LogP contribution is 2.34. The molecule has 0 saturated heterocycles. The van der Waals surface area contributed by atoms with Crippen molar-refractivity contribution in [3.63, 3.8) is 0 Å². The van der Waals surface area contributed by atoms with E-state index in [2.05, 4.69) is 0 Å². The van der Waals surface area contributed by atoms with E-state index in [4.69, 9.17) is 15.2 Å². The van der Waals surface area contributed by atoms with Crippen molar-refractivity contribution in [1.29, 1.82) is 0 Å². The molecule has 0 spiro atoms. The molecule has 4 nitrogen and oxygen atoms in total. The number of hydrogen-bond acceptors (Lipinski definition) is 4. The van der Waals surface area contributed by atoms with Crippen LogP contribution in [0.25, 0.3) is 0 Å². The Hall–Kier alpha value is -3.27. The molecular formula is C22H21NO3. The minimum atomic E-state index is -0.144. The van der Waals surface area contributed by atoms with Gasteiger partial charge in [-0.3, -0.25) is 4.79 Å². The summed E-state index contributed by atoms with van der Waals surface area (Å²) in [6.45, 7) is 2.35. The van der Waals surface area contributed by atoms with Crippen LogP contribution in [0.4, 0.5) is 5.69 Å². The Bertz CT molecular complexity index is 903. The van der Waals surface area contributed by atoms with Crippen LogP contribution < -0.4 is 15.2 Å². The van der Waals surface area contributed by atoms with Gasteiger partial charge in [0.1, 0.15) is 6.61 Å². The van der Waals surface area contributed by atoms with Crippen LogP contribution in [0.5, 0.6) is 11.5 Å². The Balaban J connectivity index is 1.91. The van der Waals surface area contributed by atoms with Crippen LogP contribution in [-0.2, 0) is 6.61 Å². The van der Waals surface area contributed by atoms with E-state index >= 15 is 0 Å². The van der Waals surface area contributed by atoms with Gasteiger partial charge >= 0.3 is 0 Å². The second kappa shape index (κ2) is 7.74. The number of carbonyl (C=O) groups is 1. The first-order valence-corrected chi connectivity index (χ1v) is 8.34. The molecule has 3 aromatic rings. The number of hydrogen-bond donors (Lipinski definition) is 1. The van der Waals surface area contributed by atoms with Gasteiger partial charge in [0.25, 0.3) is 0 Å². The van der Waals surface area contributed by atoms with Crippen LogP contribution in [0, 0.1) is 6.92 Å². The largest absolute Gasteiger partial charge is 0.493 e. The van der Waals surface area contributed by atoms with Crippen molar-refractivity contribution < 1.29 is 14.3 Å². The number of nitrogen functional groups attached to an aromatic ring is 1. The zero-order valence-electron chi connectivity index (χ0n) is 14.9. The Morgan fingerprint density at radius 1 is 0.962 bits per heavy atom. The van der Waals surface area contributed by atoms with Crippen molar-refractivity contribution in [3.8, 4) is 11.5 Å². The number of benzene rings is 3. The van der Waals surface area contributed by atoms with Gasteiger partial charge in [-0.05, 0) is 18.6 Å². The highest BCUT2D eigenvalue weighted by Gasteiger charge is 2.17. The van der Waals surface area contributed by atoms with E-state index in [1.54, 1.807) is 31.4 Å². The number of ether oxygens (including phenoxy) is 2. The number of aryl methyl sites for hydroxylation is 1. The number of carbonyl (C=O) groups excluding carboxylic acids is 1. The molecule has 26 heavy (non-hydrogen) atoms. The third-order valence-electron chi connectivity index (χ3n) is 4.13. The Morgan fingerprint density at radius 2 is 1.65 bits per heavy atom. The summed E-state index contributed by atoms with van der Waals surface area (Å²) >= 11 is 0. The molecule has 0 saturated carbocycles. The maximum Gasteiger partial charge on any atom is 0.195 e. The van der Waals surface area contributed by atoms with Crippen molar-refractivity contribution in [2.75, 3.05) is 12.8 Å². The van der Waals surface area contributed by atoms with Crippen molar-refractivity contribution in [1.82, 2.24) is 0 Å². The van der Waals surface area contributed by atoms with Gasteiger partial charge in [0, 0.05) is 22.9 Å². The predicted octanol–water partition coefficient (Wildman–Crippen LogP) is 4.40. The van der Waals surface area contributed by atoms with Gasteiger partial charge in [0.2, 0.25) is 0 Å². The van der Waals surface area contributed by atoms with Gasteiger partial charge in [-0.2, -0.15) is 0 Å². The lowest BCUT2D eigenvalue weighted by Crippen LogP contribution is -2.07. The average Bonchev–Trinajstić information content (AvgIpc) is 2.67. The number of methoxy groups -OCH3 is 1. The van der Waals surface area contributed by atoms with Crippen LogP contribution in [0.15, 0.2) is 66.7 Å². The maximum absolute atomic E-state index is 12.8. The Kier molecular flexibility index (Phi) is 5.23. The molecule has 0 aliphatic rings. The Labute approximate surface area is 153 Å². The molecular weight excluding hydrogens is 326 g/mol. The molecule has 0 atom stereocenters. The van der Waals surface area contributed by atoms with Gasteiger partial charge in [0.05, 0.1) is 7.11 Å². The lowest BCUT2D eigenvalue weighted by atomic mass is 10.00. The monoisotopic (exact) mass is 347 g/mol. The number of ketones is 1. The van der Waals surface area contributed by atoms with Gasteiger partial charge in [0.15, 0.2) is 17.3 Å². The summed E-state index contributed by atoms with van der Waals surface area (Å²) in [4.78, 5) is 12.8. The van der Waals surface area contributed by atoms with Crippen LogP contribution in [0.3, 0.4) is 0 Å². The normalized spacial score (nSPS) is 10.4. The zero-order chi connectivity index (χ0) is 18.5. The lowest BCUT2D eigenvalue weighted by Gasteiger charge is -2.14. The third-order valence-corrected chi connectivity index (χ3v) is 4.13. The summed E-state index contributed by atoms with van der Waals surface area (Å²) in [5, 5.41) is 0.